The summed E-state index contributed by atoms with van der Waals surface area (Å²) >= 11 is 5.80. The lowest BCUT2D eigenvalue weighted by Crippen LogP contribution is -2.28. The van der Waals surface area contributed by atoms with Gasteiger partial charge in [-0.25, -0.2) is 0 Å². The van der Waals surface area contributed by atoms with Gasteiger partial charge in [0, 0.05) is 21.0 Å². The number of benzene rings is 1. The van der Waals surface area contributed by atoms with Gasteiger partial charge in [-0.3, -0.25) is 0 Å². The number of nitrogens with two attached hydrogens (primary N) is 1. The molecule has 3 heteroatoms. The fourth-order valence-electron chi connectivity index (χ4n) is 2.73. The van der Waals surface area contributed by atoms with Crippen molar-refractivity contribution in [3.05, 3.63) is 34.3 Å². The van der Waals surface area contributed by atoms with E-state index in [-0.39, 0.29) is 6.04 Å². The Labute approximate surface area is 129 Å². The summed E-state index contributed by atoms with van der Waals surface area (Å²) in [6.07, 6.45) is 7.95. The third-order valence-corrected chi connectivity index (χ3v) is 6.44. The van der Waals surface area contributed by atoms with Crippen LogP contribution in [-0.2, 0) is 0 Å². The molecule has 0 aliphatic heterocycles. The minimum absolute atomic E-state index is 0.241. The fourth-order valence-corrected chi connectivity index (χ4v) is 5.18. The molecule has 1 aromatic carbocycles. The lowest BCUT2D eigenvalue weighted by Gasteiger charge is -2.30. The summed E-state index contributed by atoms with van der Waals surface area (Å²) in [4.78, 5) is 0. The Morgan fingerprint density at radius 3 is 2.58 bits per heavy atom. The van der Waals surface area contributed by atoms with Gasteiger partial charge < -0.3 is 5.73 Å². The van der Waals surface area contributed by atoms with E-state index in [1.54, 1.807) is 0 Å². The zero-order valence-electron chi connectivity index (χ0n) is 11.6. The van der Waals surface area contributed by atoms with Gasteiger partial charge in [0.1, 0.15) is 0 Å². The minimum atomic E-state index is 0.241. The molecule has 1 aliphatic carbocycles. The van der Waals surface area contributed by atoms with Crippen LogP contribution in [0.15, 0.2) is 28.7 Å². The van der Waals surface area contributed by atoms with Crippen LogP contribution in [0.4, 0.5) is 0 Å². The highest BCUT2D eigenvalue weighted by atomic mass is 79.9. The highest BCUT2D eigenvalue weighted by Gasteiger charge is 2.26. The van der Waals surface area contributed by atoms with Crippen LogP contribution >= 0.6 is 27.7 Å². The predicted molar refractivity (Wildman–Crippen MR) is 89.6 cm³/mol. The first-order valence-electron chi connectivity index (χ1n) is 7.37. The molecular formula is C16H24BrNS. The Kier molecular flexibility index (Phi) is 6.24. The van der Waals surface area contributed by atoms with Crippen molar-refractivity contribution in [3.8, 4) is 0 Å². The van der Waals surface area contributed by atoms with Crippen molar-refractivity contribution in [1.82, 2.24) is 0 Å². The van der Waals surface area contributed by atoms with Crippen LogP contribution in [0.3, 0.4) is 0 Å². The molecular weight excluding hydrogens is 318 g/mol. The van der Waals surface area contributed by atoms with Crippen molar-refractivity contribution >= 4 is 27.7 Å². The molecule has 0 spiro atoms. The molecule has 1 aromatic rings. The third-order valence-electron chi connectivity index (χ3n) is 3.96. The van der Waals surface area contributed by atoms with Crippen LogP contribution < -0.4 is 5.73 Å². The van der Waals surface area contributed by atoms with Crippen molar-refractivity contribution in [2.24, 2.45) is 5.73 Å². The first kappa shape index (κ1) is 15.4. The Hall–Kier alpha value is 0.01000. The number of halogens is 1. The number of rotatable bonds is 5. The molecule has 1 saturated carbocycles. The molecule has 0 aromatic heterocycles. The van der Waals surface area contributed by atoms with E-state index in [0.717, 1.165) is 11.7 Å². The number of hydrogen-bond acceptors (Lipinski definition) is 2. The van der Waals surface area contributed by atoms with E-state index in [2.05, 4.69) is 58.9 Å². The van der Waals surface area contributed by atoms with E-state index in [1.165, 1.54) is 42.1 Å². The molecule has 0 bridgehead atoms. The summed E-state index contributed by atoms with van der Waals surface area (Å²) in [7, 11) is 0. The molecule has 1 nitrogen and oxygen atoms in total. The quantitative estimate of drug-likeness (QED) is 0.786. The predicted octanol–water partition coefficient (Wildman–Crippen LogP) is 5.29. The molecule has 1 aliphatic rings. The van der Waals surface area contributed by atoms with Crippen molar-refractivity contribution in [2.45, 2.75) is 62.0 Å². The number of hydrogen-bond donors (Lipinski definition) is 1. The standard InChI is InChI=1S/C16H24BrNS/c1-2-15(18)16(13-10-6-7-11-14(13)17)19-12-8-4-3-5-9-12/h6-7,10-12,15-16H,2-5,8-9,18H2,1H3. The van der Waals surface area contributed by atoms with Gasteiger partial charge in [-0.2, -0.15) is 0 Å². The maximum Gasteiger partial charge on any atom is 0.0462 e. The van der Waals surface area contributed by atoms with Crippen molar-refractivity contribution in [3.63, 3.8) is 0 Å². The second kappa shape index (κ2) is 7.70. The van der Waals surface area contributed by atoms with Crippen molar-refractivity contribution in [2.75, 3.05) is 0 Å². The van der Waals surface area contributed by atoms with Gasteiger partial charge in [-0.15, -0.1) is 11.8 Å². The Balaban J connectivity index is 2.13. The molecule has 0 saturated heterocycles. The normalized spacial score (nSPS) is 20.2. The summed E-state index contributed by atoms with van der Waals surface area (Å²) in [6, 6.07) is 8.79. The highest BCUT2D eigenvalue weighted by molar-refractivity contribution is 9.10. The third kappa shape index (κ3) is 4.24. The largest absolute Gasteiger partial charge is 0.326 e. The molecule has 106 valence electrons. The van der Waals surface area contributed by atoms with Crippen LogP contribution in [0.2, 0.25) is 0 Å². The van der Waals surface area contributed by atoms with E-state index in [9.17, 15) is 0 Å². The lowest BCUT2D eigenvalue weighted by molar-refractivity contribution is 0.512. The SMILES string of the molecule is CCC(N)C(SC1CCCCC1)c1ccccc1Br. The van der Waals surface area contributed by atoms with E-state index in [4.69, 9.17) is 5.73 Å². The summed E-state index contributed by atoms with van der Waals surface area (Å²) < 4.78 is 1.20. The van der Waals surface area contributed by atoms with Gasteiger partial charge in [-0.05, 0) is 30.9 Å². The average Bonchev–Trinajstić information content (AvgIpc) is 2.46. The molecule has 2 N–H and O–H groups in total. The summed E-state index contributed by atoms with van der Waals surface area (Å²) in [6.45, 7) is 2.19. The molecule has 2 rings (SSSR count). The molecule has 0 heterocycles. The maximum atomic E-state index is 6.39. The topological polar surface area (TPSA) is 26.0 Å². The molecule has 2 unspecified atom stereocenters. The van der Waals surface area contributed by atoms with Crippen molar-refractivity contribution in [1.29, 1.82) is 0 Å². The maximum absolute atomic E-state index is 6.39. The Morgan fingerprint density at radius 2 is 1.95 bits per heavy atom. The van der Waals surface area contributed by atoms with E-state index < -0.39 is 0 Å². The summed E-state index contributed by atoms with van der Waals surface area (Å²) in [5, 5.41) is 1.21. The Morgan fingerprint density at radius 1 is 1.26 bits per heavy atom. The van der Waals surface area contributed by atoms with Gasteiger partial charge in [0.15, 0.2) is 0 Å². The van der Waals surface area contributed by atoms with Gasteiger partial charge in [0.2, 0.25) is 0 Å². The minimum Gasteiger partial charge on any atom is -0.326 e. The monoisotopic (exact) mass is 341 g/mol. The van der Waals surface area contributed by atoms with Crippen LogP contribution in [0, 0.1) is 0 Å². The summed E-state index contributed by atoms with van der Waals surface area (Å²) in [5.74, 6) is 0. The smallest absolute Gasteiger partial charge is 0.0462 e. The van der Waals surface area contributed by atoms with Gasteiger partial charge in [0.05, 0.1) is 0 Å². The second-order valence-electron chi connectivity index (χ2n) is 5.41. The van der Waals surface area contributed by atoms with Gasteiger partial charge in [0.25, 0.3) is 0 Å². The van der Waals surface area contributed by atoms with Crippen LogP contribution in [-0.4, -0.2) is 11.3 Å². The first-order valence-corrected chi connectivity index (χ1v) is 9.11. The number of thioether (sulfide) groups is 1. The van der Waals surface area contributed by atoms with Crippen LogP contribution in [0.5, 0.6) is 0 Å². The average molecular weight is 342 g/mol. The molecule has 1 fully saturated rings. The van der Waals surface area contributed by atoms with Crippen LogP contribution in [0.25, 0.3) is 0 Å². The second-order valence-corrected chi connectivity index (χ2v) is 7.71. The molecule has 19 heavy (non-hydrogen) atoms. The van der Waals surface area contributed by atoms with Gasteiger partial charge >= 0.3 is 0 Å². The molecule has 0 radical (unpaired) electrons. The first-order chi connectivity index (χ1) is 9.22. The fraction of sp³-hybridized carbons (Fsp3) is 0.625. The highest BCUT2D eigenvalue weighted by Crippen LogP contribution is 2.42. The van der Waals surface area contributed by atoms with Crippen molar-refractivity contribution < 1.29 is 0 Å². The molecule has 0 amide bonds. The van der Waals surface area contributed by atoms with Crippen LogP contribution in [0.1, 0.15) is 56.3 Å². The van der Waals surface area contributed by atoms with Gasteiger partial charge in [-0.1, -0.05) is 60.3 Å². The van der Waals surface area contributed by atoms with E-state index >= 15 is 0 Å². The van der Waals surface area contributed by atoms with E-state index in [0.29, 0.717) is 5.25 Å². The molecule has 2 atom stereocenters. The zero-order valence-corrected chi connectivity index (χ0v) is 14.1. The van der Waals surface area contributed by atoms with E-state index in [1.807, 2.05) is 0 Å². The summed E-state index contributed by atoms with van der Waals surface area (Å²) in [5.41, 5.74) is 7.76. The Bertz CT molecular complexity index is 390. The zero-order chi connectivity index (χ0) is 13.7. The lowest BCUT2D eigenvalue weighted by atomic mass is 10.0.